The van der Waals surface area contributed by atoms with Crippen LogP contribution in [0.3, 0.4) is 0 Å². The first-order chi connectivity index (χ1) is 9.31. The van der Waals surface area contributed by atoms with Crippen LogP contribution in [0.2, 0.25) is 0 Å². The van der Waals surface area contributed by atoms with Gasteiger partial charge in [-0.3, -0.25) is 0 Å². The van der Waals surface area contributed by atoms with Crippen molar-refractivity contribution in [2.45, 2.75) is 46.3 Å². The van der Waals surface area contributed by atoms with E-state index in [1.165, 1.54) is 16.7 Å². The van der Waals surface area contributed by atoms with Crippen molar-refractivity contribution < 1.29 is 9.53 Å². The molecule has 1 aliphatic rings. The van der Waals surface area contributed by atoms with Gasteiger partial charge in [0.15, 0.2) is 0 Å². The Hall–Kier alpha value is -1.71. The highest BCUT2D eigenvalue weighted by atomic mass is 16.6. The van der Waals surface area contributed by atoms with Crippen molar-refractivity contribution in [3.05, 3.63) is 28.8 Å². The number of benzene rings is 1. The van der Waals surface area contributed by atoms with Gasteiger partial charge < -0.3 is 15.0 Å². The highest BCUT2D eigenvalue weighted by Gasteiger charge is 2.26. The van der Waals surface area contributed by atoms with E-state index < -0.39 is 5.60 Å². The molecular weight excluding hydrogens is 252 g/mol. The quantitative estimate of drug-likeness (QED) is 0.855. The Morgan fingerprint density at radius 1 is 1.35 bits per heavy atom. The van der Waals surface area contributed by atoms with Gasteiger partial charge in [0.1, 0.15) is 5.60 Å². The van der Waals surface area contributed by atoms with Crippen molar-refractivity contribution in [1.29, 1.82) is 0 Å². The summed E-state index contributed by atoms with van der Waals surface area (Å²) in [4.78, 5) is 14.0. The molecule has 0 atom stereocenters. The topological polar surface area (TPSA) is 41.6 Å². The molecule has 0 saturated heterocycles. The third kappa shape index (κ3) is 3.06. The third-order valence-electron chi connectivity index (χ3n) is 3.62. The Morgan fingerprint density at radius 3 is 2.65 bits per heavy atom. The Bertz CT molecular complexity index is 518. The van der Waals surface area contributed by atoms with E-state index in [0.29, 0.717) is 6.54 Å². The fourth-order valence-corrected chi connectivity index (χ4v) is 2.55. The van der Waals surface area contributed by atoms with Crippen LogP contribution in [0.25, 0.3) is 0 Å². The van der Waals surface area contributed by atoms with E-state index >= 15 is 0 Å². The summed E-state index contributed by atoms with van der Waals surface area (Å²) < 4.78 is 5.46. The van der Waals surface area contributed by atoms with Crippen molar-refractivity contribution in [2.75, 3.05) is 18.9 Å². The van der Waals surface area contributed by atoms with Crippen LogP contribution < -0.4 is 5.32 Å². The van der Waals surface area contributed by atoms with Crippen molar-refractivity contribution in [2.24, 2.45) is 0 Å². The molecule has 0 fully saturated rings. The molecule has 2 rings (SSSR count). The second kappa shape index (κ2) is 5.35. The predicted octanol–water partition coefficient (Wildman–Crippen LogP) is 3.33. The van der Waals surface area contributed by atoms with Crippen molar-refractivity contribution in [3.8, 4) is 0 Å². The fraction of sp³-hybridized carbons (Fsp3) is 0.562. The molecule has 1 aliphatic heterocycles. The lowest BCUT2D eigenvalue weighted by atomic mass is 9.94. The highest BCUT2D eigenvalue weighted by molar-refractivity contribution is 5.69. The van der Waals surface area contributed by atoms with E-state index in [0.717, 1.165) is 18.7 Å². The molecule has 1 N–H and O–H groups in total. The summed E-state index contributed by atoms with van der Waals surface area (Å²) in [6.45, 7) is 9.14. The maximum atomic E-state index is 12.2. The minimum Gasteiger partial charge on any atom is -0.444 e. The van der Waals surface area contributed by atoms with Crippen molar-refractivity contribution in [1.82, 2.24) is 4.90 Å². The lowest BCUT2D eigenvalue weighted by Gasteiger charge is -2.32. The van der Waals surface area contributed by atoms with Gasteiger partial charge in [-0.25, -0.2) is 4.79 Å². The largest absolute Gasteiger partial charge is 0.444 e. The molecule has 1 aromatic rings. The number of hydrogen-bond donors (Lipinski definition) is 1. The van der Waals surface area contributed by atoms with Crippen molar-refractivity contribution >= 4 is 11.8 Å². The van der Waals surface area contributed by atoms with Gasteiger partial charge in [0.2, 0.25) is 0 Å². The van der Waals surface area contributed by atoms with Crippen LogP contribution in [-0.4, -0.2) is 30.2 Å². The molecule has 0 aliphatic carbocycles. The Labute approximate surface area is 121 Å². The van der Waals surface area contributed by atoms with Crippen LogP contribution in [0.4, 0.5) is 10.5 Å². The fourth-order valence-electron chi connectivity index (χ4n) is 2.55. The van der Waals surface area contributed by atoms with Gasteiger partial charge in [0.25, 0.3) is 0 Å². The summed E-state index contributed by atoms with van der Waals surface area (Å²) in [7, 11) is 1.92. The summed E-state index contributed by atoms with van der Waals surface area (Å²) >= 11 is 0. The maximum Gasteiger partial charge on any atom is 0.410 e. The van der Waals surface area contributed by atoms with E-state index in [4.69, 9.17) is 4.74 Å². The Kier molecular flexibility index (Phi) is 3.93. The molecular formula is C16H24N2O2. The van der Waals surface area contributed by atoms with Gasteiger partial charge >= 0.3 is 6.09 Å². The number of nitrogens with one attached hydrogen (secondary N) is 1. The van der Waals surface area contributed by atoms with Crippen LogP contribution in [0.15, 0.2) is 12.1 Å². The first kappa shape index (κ1) is 14.7. The minimum absolute atomic E-state index is 0.225. The number of hydrogen-bond acceptors (Lipinski definition) is 3. The number of carbonyl (C=O) groups excluding carboxylic acids is 1. The zero-order valence-corrected chi connectivity index (χ0v) is 13.0. The highest BCUT2D eigenvalue weighted by Crippen LogP contribution is 2.28. The molecule has 0 spiro atoms. The zero-order valence-electron chi connectivity index (χ0n) is 13.0. The minimum atomic E-state index is -0.445. The molecule has 0 aromatic heterocycles. The Balaban J connectivity index is 2.20. The summed E-state index contributed by atoms with van der Waals surface area (Å²) in [5.74, 6) is 0. The molecule has 1 aromatic carbocycles. The number of carbonyl (C=O) groups is 1. The summed E-state index contributed by atoms with van der Waals surface area (Å²) in [6, 6.07) is 4.26. The monoisotopic (exact) mass is 276 g/mol. The lowest BCUT2D eigenvalue weighted by Crippen LogP contribution is -2.40. The van der Waals surface area contributed by atoms with Crippen LogP contribution >= 0.6 is 0 Å². The molecule has 0 radical (unpaired) electrons. The number of rotatable bonds is 1. The van der Waals surface area contributed by atoms with Crippen LogP contribution in [-0.2, 0) is 17.7 Å². The van der Waals surface area contributed by atoms with Gasteiger partial charge in [-0.2, -0.15) is 0 Å². The number of nitrogens with zero attached hydrogens (tertiary/aromatic N) is 1. The third-order valence-corrected chi connectivity index (χ3v) is 3.62. The van der Waals surface area contributed by atoms with Crippen LogP contribution in [0, 0.1) is 6.92 Å². The van der Waals surface area contributed by atoms with Crippen molar-refractivity contribution in [3.63, 3.8) is 0 Å². The molecule has 1 amide bonds. The van der Waals surface area contributed by atoms with E-state index in [-0.39, 0.29) is 6.09 Å². The zero-order chi connectivity index (χ0) is 14.9. The number of amides is 1. The Morgan fingerprint density at radius 2 is 2.05 bits per heavy atom. The average Bonchev–Trinajstić information content (AvgIpc) is 2.37. The molecule has 4 nitrogen and oxygen atoms in total. The lowest BCUT2D eigenvalue weighted by molar-refractivity contribution is 0.0223. The second-order valence-electron chi connectivity index (χ2n) is 6.28. The summed E-state index contributed by atoms with van der Waals surface area (Å²) in [5.41, 5.74) is 4.47. The molecule has 0 bridgehead atoms. The molecule has 110 valence electrons. The van der Waals surface area contributed by atoms with Gasteiger partial charge in [0.05, 0.1) is 0 Å². The first-order valence-electron chi connectivity index (χ1n) is 7.09. The first-order valence-corrected chi connectivity index (χ1v) is 7.09. The predicted molar refractivity (Wildman–Crippen MR) is 81.1 cm³/mol. The number of fused-ring (bicyclic) bond motifs is 1. The van der Waals surface area contributed by atoms with E-state index in [9.17, 15) is 4.79 Å². The van der Waals surface area contributed by atoms with E-state index in [1.54, 1.807) is 4.90 Å². The molecule has 0 unspecified atom stereocenters. The van der Waals surface area contributed by atoms with Crippen LogP contribution in [0.5, 0.6) is 0 Å². The van der Waals surface area contributed by atoms with E-state index in [1.807, 2.05) is 27.8 Å². The SMILES string of the molecule is CNc1ccc2c(c1C)CN(C(=O)OC(C)(C)C)CC2. The van der Waals surface area contributed by atoms with Gasteiger partial charge in [0, 0.05) is 25.8 Å². The molecule has 20 heavy (non-hydrogen) atoms. The summed E-state index contributed by atoms with van der Waals surface area (Å²) in [5, 5.41) is 3.19. The maximum absolute atomic E-state index is 12.2. The number of ether oxygens (including phenoxy) is 1. The standard InChI is InChI=1S/C16H24N2O2/c1-11-13-10-18(15(19)20-16(2,3)4)9-8-12(13)6-7-14(11)17-5/h6-7,17H,8-10H2,1-5H3. The van der Waals surface area contributed by atoms with Gasteiger partial charge in [-0.1, -0.05) is 6.07 Å². The van der Waals surface area contributed by atoms with Gasteiger partial charge in [-0.05, 0) is 56.9 Å². The normalized spacial score (nSPS) is 14.8. The molecule has 0 saturated carbocycles. The second-order valence-corrected chi connectivity index (χ2v) is 6.28. The number of anilines is 1. The van der Waals surface area contributed by atoms with Gasteiger partial charge in [-0.15, -0.1) is 0 Å². The molecule has 1 heterocycles. The average molecular weight is 276 g/mol. The summed E-state index contributed by atoms with van der Waals surface area (Å²) in [6.07, 6.45) is 0.664. The van der Waals surface area contributed by atoms with E-state index in [2.05, 4.69) is 24.4 Å². The van der Waals surface area contributed by atoms with Crippen LogP contribution in [0.1, 0.15) is 37.5 Å². The smallest absolute Gasteiger partial charge is 0.410 e. The molecule has 4 heteroatoms.